The third-order valence-electron chi connectivity index (χ3n) is 3.38. The second kappa shape index (κ2) is 4.09. The highest BCUT2D eigenvalue weighted by Gasteiger charge is 2.22. The largest absolute Gasteiger partial charge is 0.353 e. The molecular formula is C12H13ClN4O2. The van der Waals surface area contributed by atoms with Gasteiger partial charge in [-0.25, -0.2) is 23.9 Å². The van der Waals surface area contributed by atoms with Crippen molar-refractivity contribution in [1.82, 2.24) is 18.9 Å². The predicted octanol–water partition coefficient (Wildman–Crippen LogP) is 0.870. The Balaban J connectivity index is 2.33. The molecule has 0 bridgehead atoms. The summed E-state index contributed by atoms with van der Waals surface area (Å²) in [6.07, 6.45) is 0.812. The summed E-state index contributed by atoms with van der Waals surface area (Å²) >= 11 is 5.99. The van der Waals surface area contributed by atoms with Crippen molar-refractivity contribution in [3.8, 4) is 5.82 Å². The molecule has 0 N–H and O–H groups in total. The Bertz CT molecular complexity index is 749. The summed E-state index contributed by atoms with van der Waals surface area (Å²) < 4.78 is 4.01. The third kappa shape index (κ3) is 1.67. The molecule has 1 aliphatic rings. The van der Waals surface area contributed by atoms with E-state index in [2.05, 4.69) is 4.98 Å². The van der Waals surface area contributed by atoms with Gasteiger partial charge in [0, 0.05) is 13.1 Å². The molecule has 0 aliphatic carbocycles. The summed E-state index contributed by atoms with van der Waals surface area (Å²) in [4.78, 5) is 28.7. The second-order valence-electron chi connectivity index (χ2n) is 4.74. The second-order valence-corrected chi connectivity index (χ2v) is 5.09. The fourth-order valence-electron chi connectivity index (χ4n) is 2.45. The van der Waals surface area contributed by atoms with Crippen molar-refractivity contribution in [2.45, 2.75) is 33.4 Å². The molecule has 6 nitrogen and oxygen atoms in total. The van der Waals surface area contributed by atoms with Crippen molar-refractivity contribution < 1.29 is 0 Å². The first kappa shape index (κ1) is 12.2. The molecule has 19 heavy (non-hydrogen) atoms. The number of aryl methyl sites for hydroxylation is 2. The fourth-order valence-corrected chi connectivity index (χ4v) is 2.58. The molecule has 3 rings (SSSR count). The first-order valence-corrected chi connectivity index (χ1v) is 6.45. The van der Waals surface area contributed by atoms with E-state index in [0.717, 1.165) is 22.1 Å². The van der Waals surface area contributed by atoms with Crippen molar-refractivity contribution in [1.29, 1.82) is 0 Å². The van der Waals surface area contributed by atoms with Crippen LogP contribution in [0.4, 0.5) is 0 Å². The first-order valence-electron chi connectivity index (χ1n) is 6.07. The lowest BCUT2D eigenvalue weighted by Gasteiger charge is -2.06. The molecule has 1 aliphatic heterocycles. The molecule has 3 heterocycles. The van der Waals surface area contributed by atoms with E-state index in [0.29, 0.717) is 24.1 Å². The molecule has 0 spiro atoms. The number of halogens is 1. The number of aromatic nitrogens is 4. The number of pyridine rings is 1. The van der Waals surface area contributed by atoms with Gasteiger partial charge in [-0.2, -0.15) is 4.57 Å². The van der Waals surface area contributed by atoms with Crippen LogP contribution in [-0.2, 0) is 13.1 Å². The Morgan fingerprint density at radius 2 is 1.68 bits per heavy atom. The van der Waals surface area contributed by atoms with E-state index in [9.17, 15) is 9.59 Å². The highest BCUT2D eigenvalue weighted by Crippen LogP contribution is 2.18. The zero-order valence-electron chi connectivity index (χ0n) is 10.7. The standard InChI is InChI=1S/C12H13ClN4O2/c1-7-6-8(2)10(14-9(7)13)17-11(18)15-4-3-5-16(15)12(17)19/h6H,3-5H2,1-2H3. The van der Waals surface area contributed by atoms with Crippen molar-refractivity contribution in [2.24, 2.45) is 0 Å². The van der Waals surface area contributed by atoms with Crippen molar-refractivity contribution in [3.05, 3.63) is 43.3 Å². The minimum absolute atomic E-state index is 0.309. The molecule has 0 amide bonds. The van der Waals surface area contributed by atoms with Crippen LogP contribution in [0.1, 0.15) is 17.5 Å². The number of rotatable bonds is 1. The van der Waals surface area contributed by atoms with Crippen LogP contribution in [0, 0.1) is 13.8 Å². The smallest absolute Gasteiger partial charge is 0.245 e. The molecule has 0 saturated carbocycles. The summed E-state index contributed by atoms with van der Waals surface area (Å²) in [5.74, 6) is 0.319. The Labute approximate surface area is 113 Å². The molecule has 0 radical (unpaired) electrons. The van der Waals surface area contributed by atoms with Crippen LogP contribution >= 0.6 is 11.6 Å². The van der Waals surface area contributed by atoms with E-state index in [1.165, 1.54) is 9.36 Å². The molecule has 0 saturated heterocycles. The number of fused-ring (bicyclic) bond motifs is 1. The molecule has 0 unspecified atom stereocenters. The maximum absolute atomic E-state index is 12.3. The third-order valence-corrected chi connectivity index (χ3v) is 3.77. The maximum Gasteiger partial charge on any atom is 0.353 e. The highest BCUT2D eigenvalue weighted by atomic mass is 35.5. The topological polar surface area (TPSA) is 61.8 Å². The quantitative estimate of drug-likeness (QED) is 0.728. The van der Waals surface area contributed by atoms with Gasteiger partial charge in [-0.05, 0) is 37.5 Å². The fraction of sp³-hybridized carbons (Fsp3) is 0.417. The summed E-state index contributed by atoms with van der Waals surface area (Å²) in [6, 6.07) is 1.82. The van der Waals surface area contributed by atoms with E-state index in [4.69, 9.17) is 11.6 Å². The summed E-state index contributed by atoms with van der Waals surface area (Å²) in [5, 5.41) is 0.309. The minimum Gasteiger partial charge on any atom is -0.245 e. The number of hydrogen-bond acceptors (Lipinski definition) is 3. The average Bonchev–Trinajstić information content (AvgIpc) is 2.91. The van der Waals surface area contributed by atoms with Gasteiger partial charge in [0.05, 0.1) is 0 Å². The lowest BCUT2D eigenvalue weighted by Crippen LogP contribution is -2.30. The van der Waals surface area contributed by atoms with Gasteiger partial charge in [-0.3, -0.25) is 0 Å². The Morgan fingerprint density at radius 3 is 2.26 bits per heavy atom. The Hall–Kier alpha value is -1.82. The van der Waals surface area contributed by atoms with E-state index >= 15 is 0 Å². The lowest BCUT2D eigenvalue weighted by atomic mass is 10.2. The molecule has 0 aromatic carbocycles. The van der Waals surface area contributed by atoms with Crippen molar-refractivity contribution >= 4 is 11.6 Å². The maximum atomic E-state index is 12.3. The van der Waals surface area contributed by atoms with Crippen LogP contribution in [0.2, 0.25) is 5.15 Å². The van der Waals surface area contributed by atoms with Crippen molar-refractivity contribution in [2.75, 3.05) is 0 Å². The summed E-state index contributed by atoms with van der Waals surface area (Å²) in [7, 11) is 0. The van der Waals surface area contributed by atoms with Gasteiger partial charge in [0.2, 0.25) is 0 Å². The SMILES string of the molecule is Cc1cc(C)c(-n2c(=O)n3n(c2=O)CCC3)nc1Cl. The molecule has 0 atom stereocenters. The van der Waals surface area contributed by atoms with Gasteiger partial charge >= 0.3 is 11.4 Å². The average molecular weight is 281 g/mol. The van der Waals surface area contributed by atoms with Crippen LogP contribution in [0.5, 0.6) is 0 Å². The Morgan fingerprint density at radius 1 is 1.11 bits per heavy atom. The molecular weight excluding hydrogens is 268 g/mol. The van der Waals surface area contributed by atoms with E-state index in [-0.39, 0.29) is 11.4 Å². The lowest BCUT2D eigenvalue weighted by molar-refractivity contribution is 0.580. The minimum atomic E-state index is -0.349. The molecule has 2 aromatic heterocycles. The number of nitrogens with zero attached hydrogens (tertiary/aromatic N) is 4. The zero-order chi connectivity index (χ0) is 13.7. The summed E-state index contributed by atoms with van der Waals surface area (Å²) in [6.45, 7) is 4.78. The molecule has 7 heteroatoms. The monoisotopic (exact) mass is 280 g/mol. The van der Waals surface area contributed by atoms with Gasteiger partial charge in [0.15, 0.2) is 0 Å². The van der Waals surface area contributed by atoms with Gasteiger partial charge in [-0.15, -0.1) is 0 Å². The Kier molecular flexibility index (Phi) is 2.63. The van der Waals surface area contributed by atoms with Crippen LogP contribution < -0.4 is 11.4 Å². The summed E-state index contributed by atoms with van der Waals surface area (Å²) in [5.41, 5.74) is 0.879. The normalized spacial score (nSPS) is 13.8. The van der Waals surface area contributed by atoms with Crippen LogP contribution in [0.3, 0.4) is 0 Å². The molecule has 0 fully saturated rings. The predicted molar refractivity (Wildman–Crippen MR) is 71.2 cm³/mol. The van der Waals surface area contributed by atoms with Crippen LogP contribution in [0.15, 0.2) is 15.7 Å². The highest BCUT2D eigenvalue weighted by molar-refractivity contribution is 6.30. The number of hydrogen-bond donors (Lipinski definition) is 0. The van der Waals surface area contributed by atoms with Crippen LogP contribution in [0.25, 0.3) is 5.82 Å². The van der Waals surface area contributed by atoms with E-state index in [1.54, 1.807) is 0 Å². The van der Waals surface area contributed by atoms with Crippen LogP contribution in [-0.4, -0.2) is 18.9 Å². The first-order chi connectivity index (χ1) is 9.00. The van der Waals surface area contributed by atoms with Gasteiger partial charge in [-0.1, -0.05) is 11.6 Å². The van der Waals surface area contributed by atoms with Gasteiger partial charge < -0.3 is 0 Å². The van der Waals surface area contributed by atoms with Crippen molar-refractivity contribution in [3.63, 3.8) is 0 Å². The molecule has 2 aromatic rings. The molecule has 100 valence electrons. The van der Waals surface area contributed by atoms with Gasteiger partial charge in [0.25, 0.3) is 0 Å². The zero-order valence-corrected chi connectivity index (χ0v) is 11.4. The van der Waals surface area contributed by atoms with E-state index in [1.807, 2.05) is 19.9 Å². The van der Waals surface area contributed by atoms with Gasteiger partial charge in [0.1, 0.15) is 11.0 Å². The van der Waals surface area contributed by atoms with E-state index < -0.39 is 0 Å².